The number of carbonyl (C=O) groups is 2. The summed E-state index contributed by atoms with van der Waals surface area (Å²) < 4.78 is 41.1. The normalized spacial score (nSPS) is 12.5. The van der Waals surface area contributed by atoms with Gasteiger partial charge in [0.1, 0.15) is 6.04 Å². The molecule has 3 aromatic rings. The van der Waals surface area contributed by atoms with Crippen LogP contribution in [-0.4, -0.2) is 31.4 Å². The molecule has 2 heterocycles. The van der Waals surface area contributed by atoms with Gasteiger partial charge in [-0.2, -0.15) is 23.4 Å². The number of nitrogens with one attached hydrogen (secondary N) is 2. The Bertz CT molecular complexity index is 1090. The van der Waals surface area contributed by atoms with Crippen LogP contribution in [0.1, 0.15) is 34.8 Å². The summed E-state index contributed by atoms with van der Waals surface area (Å²) in [4.78, 5) is 24.7. The van der Waals surface area contributed by atoms with Gasteiger partial charge < -0.3 is 10.6 Å². The summed E-state index contributed by atoms with van der Waals surface area (Å²) in [5.74, 6) is -0.970. The van der Waals surface area contributed by atoms with Crippen molar-refractivity contribution >= 4 is 23.2 Å². The molecule has 0 radical (unpaired) electrons. The fraction of sp³-hybridized carbons (Fsp3) is 0.263. The number of aromatic nitrogens is 4. The van der Waals surface area contributed by atoms with Crippen LogP contribution in [0.4, 0.5) is 24.5 Å². The highest BCUT2D eigenvalue weighted by Crippen LogP contribution is 2.29. The van der Waals surface area contributed by atoms with Gasteiger partial charge in [-0.3, -0.25) is 19.0 Å². The van der Waals surface area contributed by atoms with Crippen LogP contribution < -0.4 is 10.6 Å². The van der Waals surface area contributed by atoms with Crippen molar-refractivity contribution in [3.8, 4) is 0 Å². The zero-order valence-corrected chi connectivity index (χ0v) is 16.4. The smallest absolute Gasteiger partial charge is 0.324 e. The van der Waals surface area contributed by atoms with Gasteiger partial charge in [0.05, 0.1) is 0 Å². The fourth-order valence-electron chi connectivity index (χ4n) is 2.78. The van der Waals surface area contributed by atoms with Crippen molar-refractivity contribution in [2.75, 3.05) is 10.6 Å². The first kappa shape index (κ1) is 21.1. The predicted molar refractivity (Wildman–Crippen MR) is 103 cm³/mol. The third-order valence-corrected chi connectivity index (χ3v) is 4.29. The van der Waals surface area contributed by atoms with E-state index in [2.05, 4.69) is 20.8 Å². The molecule has 1 unspecified atom stereocenters. The Morgan fingerprint density at radius 1 is 1.07 bits per heavy atom. The molecule has 0 aliphatic heterocycles. The monoisotopic (exact) mass is 420 g/mol. The fourth-order valence-corrected chi connectivity index (χ4v) is 2.78. The molecule has 30 heavy (non-hydrogen) atoms. The van der Waals surface area contributed by atoms with E-state index < -0.39 is 29.7 Å². The van der Waals surface area contributed by atoms with Gasteiger partial charge in [-0.1, -0.05) is 6.07 Å². The van der Waals surface area contributed by atoms with Gasteiger partial charge in [0.25, 0.3) is 5.91 Å². The molecule has 8 nitrogen and oxygen atoms in total. The number of hydrogen-bond acceptors (Lipinski definition) is 4. The molecule has 3 rings (SSSR count). The summed E-state index contributed by atoms with van der Waals surface area (Å²) in [5, 5.41) is 12.8. The lowest BCUT2D eigenvalue weighted by atomic mass is 10.2. The minimum Gasteiger partial charge on any atom is -0.324 e. The van der Waals surface area contributed by atoms with E-state index in [1.54, 1.807) is 37.5 Å². The van der Waals surface area contributed by atoms with Gasteiger partial charge in [0.15, 0.2) is 11.4 Å². The maximum Gasteiger partial charge on any atom is 0.435 e. The van der Waals surface area contributed by atoms with Crippen LogP contribution in [-0.2, 0) is 18.0 Å². The second-order valence-electron chi connectivity index (χ2n) is 6.69. The number of hydrogen-bond donors (Lipinski definition) is 2. The second-order valence-corrected chi connectivity index (χ2v) is 6.69. The Labute approximate surface area is 169 Å². The molecular formula is C19H19F3N6O2. The van der Waals surface area contributed by atoms with Crippen molar-refractivity contribution in [1.82, 2.24) is 19.6 Å². The van der Waals surface area contributed by atoms with Crippen molar-refractivity contribution < 1.29 is 22.8 Å². The number of aryl methyl sites for hydroxylation is 2. The van der Waals surface area contributed by atoms with E-state index in [9.17, 15) is 22.8 Å². The Hall–Kier alpha value is -3.63. The van der Waals surface area contributed by atoms with Gasteiger partial charge in [-0.05, 0) is 44.2 Å². The van der Waals surface area contributed by atoms with E-state index in [1.165, 1.54) is 24.6 Å². The minimum absolute atomic E-state index is 0.210. The van der Waals surface area contributed by atoms with E-state index in [4.69, 9.17) is 0 Å². The largest absolute Gasteiger partial charge is 0.435 e. The molecule has 0 saturated carbocycles. The molecule has 1 atom stereocenters. The van der Waals surface area contributed by atoms with E-state index in [-0.39, 0.29) is 11.4 Å². The van der Waals surface area contributed by atoms with Crippen LogP contribution in [0.5, 0.6) is 0 Å². The molecule has 158 valence electrons. The molecule has 2 amide bonds. The van der Waals surface area contributed by atoms with Crippen molar-refractivity contribution in [1.29, 1.82) is 0 Å². The molecule has 0 aliphatic rings. The third-order valence-electron chi connectivity index (χ3n) is 4.29. The molecule has 0 bridgehead atoms. The zero-order chi connectivity index (χ0) is 22.1. The molecule has 0 spiro atoms. The number of halogens is 3. The molecule has 11 heteroatoms. The highest BCUT2D eigenvalue weighted by atomic mass is 19.4. The summed E-state index contributed by atoms with van der Waals surface area (Å²) >= 11 is 0. The first-order valence-corrected chi connectivity index (χ1v) is 8.90. The molecule has 0 saturated heterocycles. The van der Waals surface area contributed by atoms with E-state index in [0.29, 0.717) is 11.4 Å². The number of alkyl halides is 3. The highest BCUT2D eigenvalue weighted by molar-refractivity contribution is 6.03. The Kier molecular flexibility index (Phi) is 5.63. The van der Waals surface area contributed by atoms with Crippen molar-refractivity contribution in [3.05, 3.63) is 59.7 Å². The van der Waals surface area contributed by atoms with Crippen LogP contribution in [0.15, 0.2) is 42.6 Å². The number of anilines is 2. The zero-order valence-electron chi connectivity index (χ0n) is 16.4. The van der Waals surface area contributed by atoms with Gasteiger partial charge in [-0.15, -0.1) is 0 Å². The molecule has 0 aliphatic carbocycles. The summed E-state index contributed by atoms with van der Waals surface area (Å²) in [6, 6.07) is 7.85. The van der Waals surface area contributed by atoms with Crippen molar-refractivity contribution in [3.63, 3.8) is 0 Å². The first-order valence-electron chi connectivity index (χ1n) is 8.90. The average Bonchev–Trinajstić information content (AvgIpc) is 3.27. The molecule has 2 aromatic heterocycles. The van der Waals surface area contributed by atoms with Crippen LogP contribution in [0.2, 0.25) is 0 Å². The van der Waals surface area contributed by atoms with E-state index >= 15 is 0 Å². The van der Waals surface area contributed by atoms with Crippen LogP contribution >= 0.6 is 0 Å². The van der Waals surface area contributed by atoms with Crippen LogP contribution in [0.3, 0.4) is 0 Å². The lowest BCUT2D eigenvalue weighted by Gasteiger charge is -2.15. The van der Waals surface area contributed by atoms with Gasteiger partial charge >= 0.3 is 6.18 Å². The van der Waals surface area contributed by atoms with E-state index in [1.807, 2.05) is 0 Å². The summed E-state index contributed by atoms with van der Waals surface area (Å²) in [5.41, 5.74) is 0.174. The van der Waals surface area contributed by atoms with E-state index in [0.717, 1.165) is 10.7 Å². The molecule has 0 fully saturated rings. The van der Waals surface area contributed by atoms with Gasteiger partial charge in [0, 0.05) is 30.3 Å². The summed E-state index contributed by atoms with van der Waals surface area (Å²) in [6.45, 7) is 2.89. The second kappa shape index (κ2) is 8.01. The standard InChI is InChI=1S/C19H19F3N6O2/c1-11-9-16(19(20,21)22)26-28(11)12(2)17(29)23-13-5-4-6-14(10-13)24-18(30)15-7-8-27(3)25-15/h4-10,12H,1-3H3,(H,23,29)(H,24,30). The number of rotatable bonds is 5. The Morgan fingerprint density at radius 3 is 2.30 bits per heavy atom. The third kappa shape index (κ3) is 4.67. The maximum absolute atomic E-state index is 12.8. The van der Waals surface area contributed by atoms with Crippen molar-refractivity contribution in [2.45, 2.75) is 26.1 Å². The van der Waals surface area contributed by atoms with Crippen molar-refractivity contribution in [2.24, 2.45) is 7.05 Å². The number of amides is 2. The summed E-state index contributed by atoms with van der Waals surface area (Å²) in [7, 11) is 1.69. The average molecular weight is 420 g/mol. The molecule has 2 N–H and O–H groups in total. The lowest BCUT2D eigenvalue weighted by Crippen LogP contribution is -2.25. The SMILES string of the molecule is Cc1cc(C(F)(F)F)nn1C(C)C(=O)Nc1cccc(NC(=O)c2ccn(C)n2)c1. The number of benzene rings is 1. The number of nitrogens with zero attached hydrogens (tertiary/aromatic N) is 4. The van der Waals surface area contributed by atoms with Gasteiger partial charge in [0.2, 0.25) is 5.91 Å². The van der Waals surface area contributed by atoms with Crippen LogP contribution in [0.25, 0.3) is 0 Å². The Balaban J connectivity index is 1.70. The molecular weight excluding hydrogens is 401 g/mol. The lowest BCUT2D eigenvalue weighted by molar-refractivity contribution is -0.141. The predicted octanol–water partition coefficient (Wildman–Crippen LogP) is 3.40. The Morgan fingerprint density at radius 2 is 1.73 bits per heavy atom. The number of carbonyl (C=O) groups excluding carboxylic acids is 2. The maximum atomic E-state index is 12.8. The highest BCUT2D eigenvalue weighted by Gasteiger charge is 2.35. The minimum atomic E-state index is -4.59. The molecule has 1 aromatic carbocycles. The quantitative estimate of drug-likeness (QED) is 0.662. The van der Waals surface area contributed by atoms with Crippen LogP contribution in [0, 0.1) is 6.92 Å². The topological polar surface area (TPSA) is 93.8 Å². The summed E-state index contributed by atoms with van der Waals surface area (Å²) in [6.07, 6.45) is -2.96. The van der Waals surface area contributed by atoms with Gasteiger partial charge in [-0.25, -0.2) is 0 Å². The first-order chi connectivity index (χ1) is 14.0.